The van der Waals surface area contributed by atoms with E-state index in [2.05, 4.69) is 15.0 Å². The molecule has 0 aliphatic heterocycles. The molecule has 0 fully saturated rings. The van der Waals surface area contributed by atoms with Crippen LogP contribution in [0.25, 0.3) is 0 Å². The van der Waals surface area contributed by atoms with E-state index in [9.17, 15) is 19.1 Å². The standard InChI is InChI=1S/C17H20FN3O5S/c1-9-6-10(2)11(12(18)7-9)8-26-14-13(16(23)24)15(27-21-14)20-17(25)19-4-3-5-22/h6-7,22H,3-5,8H2,1-2H3,(H,23,24)(H2,19,20,25). The number of rotatable bonds is 8. The molecule has 2 aromatic rings. The zero-order chi connectivity index (χ0) is 20.0. The van der Waals surface area contributed by atoms with E-state index in [1.165, 1.54) is 6.07 Å². The SMILES string of the molecule is Cc1cc(C)c(COc2nsc(NC(=O)NCCCO)c2C(=O)O)c(F)c1. The zero-order valence-electron chi connectivity index (χ0n) is 14.8. The molecular weight excluding hydrogens is 377 g/mol. The van der Waals surface area contributed by atoms with Crippen molar-refractivity contribution in [3.63, 3.8) is 0 Å². The summed E-state index contributed by atoms with van der Waals surface area (Å²) in [7, 11) is 0. The maximum Gasteiger partial charge on any atom is 0.344 e. The van der Waals surface area contributed by atoms with Gasteiger partial charge in [0.25, 0.3) is 0 Å². The van der Waals surface area contributed by atoms with Gasteiger partial charge in [0.1, 0.15) is 17.4 Å². The van der Waals surface area contributed by atoms with Crippen molar-refractivity contribution in [1.29, 1.82) is 0 Å². The molecule has 2 rings (SSSR count). The predicted molar refractivity (Wildman–Crippen MR) is 98.0 cm³/mol. The summed E-state index contributed by atoms with van der Waals surface area (Å²) in [5.41, 5.74) is 1.46. The summed E-state index contributed by atoms with van der Waals surface area (Å²) in [6, 6.07) is 2.54. The first kappa shape index (κ1) is 20.6. The quantitative estimate of drug-likeness (QED) is 0.508. The summed E-state index contributed by atoms with van der Waals surface area (Å²) in [6.45, 7) is 3.47. The number of carboxylic acids is 1. The van der Waals surface area contributed by atoms with Crippen molar-refractivity contribution in [3.8, 4) is 5.88 Å². The molecule has 0 aliphatic carbocycles. The number of aromatic nitrogens is 1. The first-order valence-electron chi connectivity index (χ1n) is 8.10. The molecule has 0 aliphatic rings. The maximum atomic E-state index is 14.1. The van der Waals surface area contributed by atoms with Gasteiger partial charge in [0.15, 0.2) is 5.56 Å². The minimum absolute atomic E-state index is 0.0000912. The number of carbonyl (C=O) groups excluding carboxylic acids is 1. The molecule has 1 aromatic heterocycles. The van der Waals surface area contributed by atoms with Crippen molar-refractivity contribution in [2.75, 3.05) is 18.5 Å². The Bertz CT molecular complexity index is 817. The molecule has 4 N–H and O–H groups in total. The lowest BCUT2D eigenvalue weighted by Crippen LogP contribution is -2.30. The summed E-state index contributed by atoms with van der Waals surface area (Å²) in [5.74, 6) is -1.97. The number of aliphatic hydroxyl groups is 1. The van der Waals surface area contributed by atoms with Crippen LogP contribution in [0.5, 0.6) is 5.88 Å². The highest BCUT2D eigenvalue weighted by Gasteiger charge is 2.24. The largest absolute Gasteiger partial charge is 0.477 e. The minimum atomic E-state index is -1.33. The average molecular weight is 397 g/mol. The number of carboxylic acid groups (broad SMARTS) is 1. The van der Waals surface area contributed by atoms with E-state index in [1.54, 1.807) is 19.9 Å². The van der Waals surface area contributed by atoms with E-state index in [0.29, 0.717) is 17.5 Å². The number of halogens is 1. The molecule has 0 bridgehead atoms. The lowest BCUT2D eigenvalue weighted by Gasteiger charge is -2.10. The van der Waals surface area contributed by atoms with Crippen LogP contribution in [0.15, 0.2) is 12.1 Å². The number of ether oxygens (including phenoxy) is 1. The van der Waals surface area contributed by atoms with Crippen molar-refractivity contribution in [2.24, 2.45) is 0 Å². The Morgan fingerprint density at radius 3 is 2.70 bits per heavy atom. The Balaban J connectivity index is 2.13. The van der Waals surface area contributed by atoms with Gasteiger partial charge in [-0.3, -0.25) is 5.32 Å². The van der Waals surface area contributed by atoms with E-state index in [-0.39, 0.29) is 36.2 Å². The molecule has 0 saturated carbocycles. The van der Waals surface area contributed by atoms with Crippen molar-refractivity contribution in [2.45, 2.75) is 26.9 Å². The van der Waals surface area contributed by atoms with Gasteiger partial charge in [0.05, 0.1) is 0 Å². The van der Waals surface area contributed by atoms with E-state index in [0.717, 1.165) is 17.1 Å². The number of aryl methyl sites for hydroxylation is 2. The number of aliphatic hydroxyl groups excluding tert-OH is 1. The third-order valence-electron chi connectivity index (χ3n) is 3.64. The molecule has 8 nitrogen and oxygen atoms in total. The van der Waals surface area contributed by atoms with Crippen LogP contribution in [0.4, 0.5) is 14.2 Å². The van der Waals surface area contributed by atoms with Crippen LogP contribution in [0.1, 0.15) is 33.5 Å². The van der Waals surface area contributed by atoms with Gasteiger partial charge in [-0.2, -0.15) is 4.37 Å². The number of hydrogen-bond acceptors (Lipinski definition) is 6. The second-order valence-corrected chi connectivity index (χ2v) is 6.56. The molecule has 0 unspecified atom stereocenters. The lowest BCUT2D eigenvalue weighted by molar-refractivity contribution is 0.0693. The van der Waals surface area contributed by atoms with Crippen molar-refractivity contribution >= 4 is 28.5 Å². The minimum Gasteiger partial charge on any atom is -0.477 e. The average Bonchev–Trinajstić information content (AvgIpc) is 2.96. The normalized spacial score (nSPS) is 10.5. The summed E-state index contributed by atoms with van der Waals surface area (Å²) in [4.78, 5) is 23.3. The number of nitrogens with one attached hydrogen (secondary N) is 2. The number of urea groups is 1. The highest BCUT2D eigenvalue weighted by Crippen LogP contribution is 2.31. The molecule has 27 heavy (non-hydrogen) atoms. The number of hydrogen-bond donors (Lipinski definition) is 4. The molecule has 0 saturated heterocycles. The number of carbonyl (C=O) groups is 2. The van der Waals surface area contributed by atoms with Crippen molar-refractivity contribution < 1.29 is 28.9 Å². The zero-order valence-corrected chi connectivity index (χ0v) is 15.7. The predicted octanol–water partition coefficient (Wildman–Crippen LogP) is 2.68. The Hall–Kier alpha value is -2.72. The van der Waals surface area contributed by atoms with Gasteiger partial charge >= 0.3 is 12.0 Å². The Morgan fingerprint density at radius 2 is 2.07 bits per heavy atom. The molecular formula is C17H20FN3O5S. The summed E-state index contributed by atoms with van der Waals surface area (Å²) in [6.07, 6.45) is 0.373. The fraction of sp³-hybridized carbons (Fsp3) is 0.353. The third-order valence-corrected chi connectivity index (χ3v) is 4.38. The molecule has 1 aromatic carbocycles. The fourth-order valence-corrected chi connectivity index (χ4v) is 3.07. The monoisotopic (exact) mass is 397 g/mol. The van der Waals surface area contributed by atoms with Crippen LogP contribution in [-0.2, 0) is 6.61 Å². The molecule has 1 heterocycles. The van der Waals surface area contributed by atoms with E-state index in [1.807, 2.05) is 0 Å². The van der Waals surface area contributed by atoms with Crippen molar-refractivity contribution in [1.82, 2.24) is 9.69 Å². The number of anilines is 1. The molecule has 2 amide bonds. The Kier molecular flexibility index (Phi) is 7.08. The van der Waals surface area contributed by atoms with Crippen LogP contribution in [0.3, 0.4) is 0 Å². The molecule has 146 valence electrons. The maximum absolute atomic E-state index is 14.1. The Morgan fingerprint density at radius 1 is 1.33 bits per heavy atom. The van der Waals surface area contributed by atoms with Crippen molar-refractivity contribution in [3.05, 3.63) is 40.2 Å². The van der Waals surface area contributed by atoms with Crippen LogP contribution in [0, 0.1) is 19.7 Å². The highest BCUT2D eigenvalue weighted by molar-refractivity contribution is 7.11. The van der Waals surface area contributed by atoms with Crippen LogP contribution in [-0.4, -0.2) is 39.7 Å². The fourth-order valence-electron chi connectivity index (χ4n) is 2.35. The smallest absolute Gasteiger partial charge is 0.344 e. The van der Waals surface area contributed by atoms with Crippen LogP contribution < -0.4 is 15.4 Å². The van der Waals surface area contributed by atoms with Gasteiger partial charge in [-0.05, 0) is 49.0 Å². The Labute approximate surface area is 159 Å². The number of amides is 2. The van der Waals surface area contributed by atoms with Crippen LogP contribution >= 0.6 is 11.5 Å². The summed E-state index contributed by atoms with van der Waals surface area (Å²) < 4.78 is 23.4. The molecule has 10 heteroatoms. The number of aromatic carboxylic acids is 1. The molecule has 0 spiro atoms. The van der Waals surface area contributed by atoms with Gasteiger partial charge in [-0.25, -0.2) is 14.0 Å². The molecule has 0 radical (unpaired) electrons. The summed E-state index contributed by atoms with van der Waals surface area (Å²) in [5, 5.41) is 23.0. The summed E-state index contributed by atoms with van der Waals surface area (Å²) >= 11 is 0.747. The van der Waals surface area contributed by atoms with Crippen LogP contribution in [0.2, 0.25) is 0 Å². The number of nitrogens with zero attached hydrogens (tertiary/aromatic N) is 1. The van der Waals surface area contributed by atoms with Gasteiger partial charge in [0, 0.05) is 18.7 Å². The third kappa shape index (κ3) is 5.38. The van der Waals surface area contributed by atoms with Gasteiger partial charge < -0.3 is 20.3 Å². The highest BCUT2D eigenvalue weighted by atomic mass is 32.1. The first-order chi connectivity index (χ1) is 12.8. The number of benzene rings is 1. The van der Waals surface area contributed by atoms with E-state index in [4.69, 9.17) is 9.84 Å². The van der Waals surface area contributed by atoms with E-state index < -0.39 is 17.8 Å². The second kappa shape index (κ2) is 9.28. The van der Waals surface area contributed by atoms with Gasteiger partial charge in [0.2, 0.25) is 5.88 Å². The topological polar surface area (TPSA) is 121 Å². The lowest BCUT2D eigenvalue weighted by atomic mass is 10.1. The van der Waals surface area contributed by atoms with E-state index >= 15 is 0 Å². The van der Waals surface area contributed by atoms with Gasteiger partial charge in [-0.15, -0.1) is 0 Å². The molecule has 0 atom stereocenters. The second-order valence-electron chi connectivity index (χ2n) is 5.79. The first-order valence-corrected chi connectivity index (χ1v) is 8.88. The van der Waals surface area contributed by atoms with Gasteiger partial charge in [-0.1, -0.05) is 6.07 Å².